The quantitative estimate of drug-likeness (QED) is 0.762. The van der Waals surface area contributed by atoms with Gasteiger partial charge in [-0.15, -0.1) is 0 Å². The van der Waals surface area contributed by atoms with Crippen LogP contribution in [-0.2, 0) is 4.79 Å². The van der Waals surface area contributed by atoms with Gasteiger partial charge in [-0.3, -0.25) is 4.79 Å². The van der Waals surface area contributed by atoms with Crippen LogP contribution in [0.1, 0.15) is 6.92 Å². The number of likely N-dealkylation sites (N-methyl/N-ethyl adjacent to an activating group) is 1. The Labute approximate surface area is 98.6 Å². The van der Waals surface area contributed by atoms with Crippen LogP contribution in [0.5, 0.6) is 5.75 Å². The lowest BCUT2D eigenvalue weighted by atomic mass is 10.2. The van der Waals surface area contributed by atoms with Crippen LogP contribution >= 0.6 is 0 Å². The van der Waals surface area contributed by atoms with Crippen LogP contribution < -0.4 is 15.4 Å². The average Bonchev–Trinajstić information content (AvgIpc) is 2.21. The lowest BCUT2D eigenvalue weighted by Gasteiger charge is -2.20. The fraction of sp³-hybridized carbons (Fsp3) is 0.364. The largest absolute Gasteiger partial charge is 0.491 e. The molecule has 0 amide bonds. The maximum atomic E-state index is 13.4. The number of carboxylic acids is 1. The van der Waals surface area contributed by atoms with Gasteiger partial charge >= 0.3 is 5.97 Å². The summed E-state index contributed by atoms with van der Waals surface area (Å²) >= 11 is 0. The number of nitrogen functional groups attached to an aromatic ring is 1. The van der Waals surface area contributed by atoms with Crippen molar-refractivity contribution in [2.75, 3.05) is 30.8 Å². The molecule has 0 aromatic heterocycles. The third-order valence-corrected chi connectivity index (χ3v) is 2.16. The summed E-state index contributed by atoms with van der Waals surface area (Å²) in [5.41, 5.74) is 6.24. The highest BCUT2D eigenvalue weighted by Crippen LogP contribution is 2.30. The maximum absolute atomic E-state index is 13.4. The first-order valence-electron chi connectivity index (χ1n) is 5.10. The lowest BCUT2D eigenvalue weighted by Crippen LogP contribution is -2.26. The van der Waals surface area contributed by atoms with E-state index in [0.29, 0.717) is 12.3 Å². The summed E-state index contributed by atoms with van der Waals surface area (Å²) in [5, 5.41) is 8.68. The molecule has 3 N–H and O–H groups in total. The molecule has 0 radical (unpaired) electrons. The molecule has 1 aromatic carbocycles. The second kappa shape index (κ2) is 5.38. The average molecular weight is 242 g/mol. The lowest BCUT2D eigenvalue weighted by molar-refractivity contribution is -0.135. The molecule has 94 valence electrons. The Morgan fingerprint density at radius 2 is 2.24 bits per heavy atom. The fourth-order valence-corrected chi connectivity index (χ4v) is 1.44. The van der Waals surface area contributed by atoms with Gasteiger partial charge in [-0.05, 0) is 6.92 Å². The molecule has 0 heterocycles. The Balaban J connectivity index is 3.06. The Hall–Kier alpha value is -1.98. The van der Waals surface area contributed by atoms with Gasteiger partial charge < -0.3 is 20.5 Å². The smallest absolute Gasteiger partial charge is 0.323 e. The number of hydrogen-bond donors (Lipinski definition) is 2. The van der Waals surface area contributed by atoms with Gasteiger partial charge in [0, 0.05) is 19.2 Å². The Morgan fingerprint density at radius 1 is 1.59 bits per heavy atom. The molecule has 0 atom stereocenters. The number of carboxylic acid groups (broad SMARTS) is 1. The number of nitrogens with zero attached hydrogens (tertiary/aromatic N) is 1. The minimum atomic E-state index is -0.991. The van der Waals surface area contributed by atoms with Crippen molar-refractivity contribution >= 4 is 17.3 Å². The summed E-state index contributed by atoms with van der Waals surface area (Å²) in [7, 11) is 1.56. The highest BCUT2D eigenvalue weighted by molar-refractivity contribution is 5.77. The third-order valence-electron chi connectivity index (χ3n) is 2.16. The third kappa shape index (κ3) is 3.24. The van der Waals surface area contributed by atoms with Crippen molar-refractivity contribution in [1.82, 2.24) is 0 Å². The van der Waals surface area contributed by atoms with Crippen molar-refractivity contribution in [3.05, 3.63) is 17.9 Å². The van der Waals surface area contributed by atoms with Gasteiger partial charge in [0.15, 0.2) is 11.6 Å². The van der Waals surface area contributed by atoms with E-state index in [1.54, 1.807) is 14.0 Å². The van der Waals surface area contributed by atoms with Crippen LogP contribution in [0.25, 0.3) is 0 Å². The normalized spacial score (nSPS) is 10.1. The van der Waals surface area contributed by atoms with Crippen molar-refractivity contribution in [2.24, 2.45) is 0 Å². The molecule has 17 heavy (non-hydrogen) atoms. The molecule has 0 aliphatic rings. The van der Waals surface area contributed by atoms with Gasteiger partial charge in [0.05, 0.1) is 18.0 Å². The molecule has 0 aliphatic heterocycles. The fourth-order valence-electron chi connectivity index (χ4n) is 1.44. The predicted molar refractivity (Wildman–Crippen MR) is 62.9 cm³/mol. The highest BCUT2D eigenvalue weighted by Gasteiger charge is 2.13. The molecule has 0 saturated carbocycles. The van der Waals surface area contributed by atoms with Gasteiger partial charge in [-0.1, -0.05) is 0 Å². The van der Waals surface area contributed by atoms with Gasteiger partial charge in [0.1, 0.15) is 6.54 Å². The van der Waals surface area contributed by atoms with Crippen molar-refractivity contribution < 1.29 is 19.0 Å². The van der Waals surface area contributed by atoms with Crippen molar-refractivity contribution in [1.29, 1.82) is 0 Å². The van der Waals surface area contributed by atoms with Gasteiger partial charge in [-0.25, -0.2) is 4.39 Å². The van der Waals surface area contributed by atoms with E-state index in [0.717, 1.165) is 6.07 Å². The zero-order valence-corrected chi connectivity index (χ0v) is 9.74. The van der Waals surface area contributed by atoms with E-state index in [9.17, 15) is 9.18 Å². The van der Waals surface area contributed by atoms with Crippen LogP contribution in [0.4, 0.5) is 15.8 Å². The van der Waals surface area contributed by atoms with E-state index < -0.39 is 11.8 Å². The molecule has 1 aromatic rings. The number of nitrogens with two attached hydrogens (primary N) is 1. The van der Waals surface area contributed by atoms with Crippen LogP contribution in [-0.4, -0.2) is 31.3 Å². The van der Waals surface area contributed by atoms with Crippen LogP contribution in [0.3, 0.4) is 0 Å². The van der Waals surface area contributed by atoms with Crippen LogP contribution in [0.2, 0.25) is 0 Å². The van der Waals surface area contributed by atoms with E-state index in [1.807, 2.05) is 0 Å². The Bertz CT molecular complexity index is 423. The molecule has 0 bridgehead atoms. The minimum Gasteiger partial charge on any atom is -0.491 e. The highest BCUT2D eigenvalue weighted by atomic mass is 19.1. The molecule has 5 nitrogen and oxygen atoms in total. The number of rotatable bonds is 5. The van der Waals surface area contributed by atoms with Gasteiger partial charge in [0.25, 0.3) is 0 Å². The molecule has 0 unspecified atom stereocenters. The second-order valence-corrected chi connectivity index (χ2v) is 3.52. The van der Waals surface area contributed by atoms with E-state index >= 15 is 0 Å². The second-order valence-electron chi connectivity index (χ2n) is 3.52. The van der Waals surface area contributed by atoms with Crippen LogP contribution in [0, 0.1) is 5.82 Å². The number of ether oxygens (including phenoxy) is 1. The van der Waals surface area contributed by atoms with Crippen molar-refractivity contribution in [2.45, 2.75) is 6.92 Å². The summed E-state index contributed by atoms with van der Waals surface area (Å²) in [6.45, 7) is 1.83. The first-order chi connectivity index (χ1) is 7.95. The standard InChI is InChI=1S/C11H15FN2O3/c1-3-17-10-5-9(8(13)4-7(10)12)14(2)6-11(15)16/h4-5H,3,6,13H2,1-2H3,(H,15,16). The maximum Gasteiger partial charge on any atom is 0.323 e. The summed E-state index contributed by atoms with van der Waals surface area (Å²) < 4.78 is 18.5. The molecule has 1 rings (SSSR count). The van der Waals surface area contributed by atoms with Crippen LogP contribution in [0.15, 0.2) is 12.1 Å². The summed E-state index contributed by atoms with van der Waals surface area (Å²) in [6, 6.07) is 2.52. The molecule has 0 spiro atoms. The SMILES string of the molecule is CCOc1cc(N(C)CC(=O)O)c(N)cc1F. The number of benzene rings is 1. The summed E-state index contributed by atoms with van der Waals surface area (Å²) in [4.78, 5) is 12.0. The molecule has 6 heteroatoms. The number of hydrogen-bond acceptors (Lipinski definition) is 4. The summed E-state index contributed by atoms with van der Waals surface area (Å²) in [6.07, 6.45) is 0. The van der Waals surface area contributed by atoms with Crippen molar-refractivity contribution in [3.63, 3.8) is 0 Å². The first kappa shape index (κ1) is 13.1. The number of carbonyl (C=O) groups is 1. The minimum absolute atomic E-state index is 0.0638. The van der Waals surface area contributed by atoms with E-state index in [1.165, 1.54) is 11.0 Å². The first-order valence-corrected chi connectivity index (χ1v) is 5.10. The zero-order valence-electron chi connectivity index (χ0n) is 9.74. The van der Waals surface area contributed by atoms with E-state index in [4.69, 9.17) is 15.6 Å². The topological polar surface area (TPSA) is 75.8 Å². The van der Waals surface area contributed by atoms with E-state index in [2.05, 4.69) is 0 Å². The van der Waals surface area contributed by atoms with E-state index in [-0.39, 0.29) is 18.0 Å². The number of anilines is 2. The van der Waals surface area contributed by atoms with Gasteiger partial charge in [-0.2, -0.15) is 0 Å². The molecule has 0 aliphatic carbocycles. The number of halogens is 1. The molecule has 0 saturated heterocycles. The monoisotopic (exact) mass is 242 g/mol. The number of aliphatic carboxylic acids is 1. The molecule has 0 fully saturated rings. The Morgan fingerprint density at radius 3 is 2.76 bits per heavy atom. The predicted octanol–water partition coefficient (Wildman–Crippen LogP) is 1.33. The molecular weight excluding hydrogens is 227 g/mol. The zero-order chi connectivity index (χ0) is 13.0. The Kier molecular flexibility index (Phi) is 4.14. The van der Waals surface area contributed by atoms with Gasteiger partial charge in [0.2, 0.25) is 0 Å². The van der Waals surface area contributed by atoms with Crippen molar-refractivity contribution in [3.8, 4) is 5.75 Å². The molecular formula is C11H15FN2O3. The summed E-state index contributed by atoms with van der Waals surface area (Å²) in [5.74, 6) is -1.49.